The number of likely N-dealkylation sites (N-methyl/N-ethyl adjacent to an activating group) is 1. The number of hydrogen-bond acceptors (Lipinski definition) is 1. The Bertz CT molecular complexity index is 552. The van der Waals surface area contributed by atoms with Crippen LogP contribution < -0.4 is 5.32 Å². The Hall–Kier alpha value is -1.28. The van der Waals surface area contributed by atoms with Gasteiger partial charge in [0.2, 0.25) is 0 Å². The fraction of sp³-hybridized carbons (Fsp3) is 0.467. The van der Waals surface area contributed by atoms with Gasteiger partial charge in [-0.1, -0.05) is 0 Å². The van der Waals surface area contributed by atoms with E-state index in [0.29, 0.717) is 0 Å². The van der Waals surface area contributed by atoms with E-state index in [9.17, 15) is 0 Å². The Balaban J connectivity index is 2.11. The lowest BCUT2D eigenvalue weighted by Crippen LogP contribution is -2.10. The topological polar surface area (TPSA) is 27.8 Å². The van der Waals surface area contributed by atoms with Crippen molar-refractivity contribution in [3.05, 3.63) is 34.5 Å². The van der Waals surface area contributed by atoms with E-state index in [4.69, 9.17) is 0 Å². The number of fused-ring (bicyclic) bond motifs is 2. The van der Waals surface area contributed by atoms with Crippen LogP contribution >= 0.6 is 0 Å². The quantitative estimate of drug-likeness (QED) is 0.830. The first kappa shape index (κ1) is 10.8. The minimum absolute atomic E-state index is 1.05. The molecule has 0 amide bonds. The van der Waals surface area contributed by atoms with Gasteiger partial charge in [0.25, 0.3) is 0 Å². The maximum Gasteiger partial charge on any atom is 0.0461 e. The molecule has 1 aliphatic carbocycles. The fourth-order valence-electron chi connectivity index (χ4n) is 3.03. The molecule has 0 aliphatic heterocycles. The summed E-state index contributed by atoms with van der Waals surface area (Å²) in [5.41, 5.74) is 7.28. The van der Waals surface area contributed by atoms with E-state index in [1.165, 1.54) is 41.4 Å². The molecule has 0 spiro atoms. The van der Waals surface area contributed by atoms with E-state index in [0.717, 1.165) is 13.0 Å². The van der Waals surface area contributed by atoms with Crippen LogP contribution in [0.4, 0.5) is 0 Å². The van der Waals surface area contributed by atoms with Gasteiger partial charge >= 0.3 is 0 Å². The highest BCUT2D eigenvalue weighted by Gasteiger charge is 2.15. The van der Waals surface area contributed by atoms with Crippen molar-refractivity contribution in [2.24, 2.45) is 0 Å². The zero-order chi connectivity index (χ0) is 11.8. The van der Waals surface area contributed by atoms with E-state index < -0.39 is 0 Å². The molecule has 0 saturated carbocycles. The second-order valence-electron chi connectivity index (χ2n) is 5.10. The third kappa shape index (κ3) is 1.77. The molecule has 17 heavy (non-hydrogen) atoms. The molecule has 1 heterocycles. The molecule has 0 fully saturated rings. The zero-order valence-corrected chi connectivity index (χ0v) is 10.7. The van der Waals surface area contributed by atoms with Crippen molar-refractivity contribution in [3.8, 4) is 0 Å². The van der Waals surface area contributed by atoms with Crippen molar-refractivity contribution in [1.29, 1.82) is 0 Å². The molecule has 0 saturated heterocycles. The second kappa shape index (κ2) is 4.19. The summed E-state index contributed by atoms with van der Waals surface area (Å²) in [5, 5.41) is 4.68. The van der Waals surface area contributed by atoms with Crippen LogP contribution in [0, 0.1) is 6.92 Å². The van der Waals surface area contributed by atoms with Gasteiger partial charge in [-0.3, -0.25) is 0 Å². The van der Waals surface area contributed by atoms with Crippen LogP contribution in [0.2, 0.25) is 0 Å². The maximum absolute atomic E-state index is 3.54. The maximum atomic E-state index is 3.54. The van der Waals surface area contributed by atoms with Crippen molar-refractivity contribution >= 4 is 10.9 Å². The largest absolute Gasteiger partial charge is 0.358 e. The first-order valence-electron chi connectivity index (χ1n) is 6.57. The molecule has 2 nitrogen and oxygen atoms in total. The van der Waals surface area contributed by atoms with Crippen molar-refractivity contribution < 1.29 is 0 Å². The Morgan fingerprint density at radius 3 is 2.76 bits per heavy atom. The molecular formula is C15H20N2. The van der Waals surface area contributed by atoms with Gasteiger partial charge in [0, 0.05) is 16.6 Å². The predicted molar refractivity (Wildman–Crippen MR) is 72.7 cm³/mol. The van der Waals surface area contributed by atoms with Crippen molar-refractivity contribution in [3.63, 3.8) is 0 Å². The molecule has 1 aliphatic rings. The number of hydrogen-bond donors (Lipinski definition) is 2. The van der Waals surface area contributed by atoms with Crippen LogP contribution in [0.5, 0.6) is 0 Å². The van der Waals surface area contributed by atoms with E-state index in [2.05, 4.69) is 29.4 Å². The molecule has 0 radical (unpaired) electrons. The van der Waals surface area contributed by atoms with Gasteiger partial charge in [0.15, 0.2) is 0 Å². The lowest BCUT2D eigenvalue weighted by molar-refractivity contribution is 0.791. The van der Waals surface area contributed by atoms with E-state index in [-0.39, 0.29) is 0 Å². The van der Waals surface area contributed by atoms with Gasteiger partial charge in [0.1, 0.15) is 0 Å². The second-order valence-corrected chi connectivity index (χ2v) is 5.10. The summed E-state index contributed by atoms with van der Waals surface area (Å²) in [6, 6.07) is 4.79. The van der Waals surface area contributed by atoms with E-state index >= 15 is 0 Å². The summed E-state index contributed by atoms with van der Waals surface area (Å²) >= 11 is 0. The molecular weight excluding hydrogens is 208 g/mol. The first-order chi connectivity index (χ1) is 8.29. The van der Waals surface area contributed by atoms with Crippen LogP contribution in [0.1, 0.15) is 28.8 Å². The van der Waals surface area contributed by atoms with Crippen molar-refractivity contribution in [2.45, 2.75) is 32.6 Å². The highest BCUT2D eigenvalue weighted by molar-refractivity contribution is 5.86. The van der Waals surface area contributed by atoms with Crippen LogP contribution in [0.25, 0.3) is 10.9 Å². The number of aromatic amines is 1. The van der Waals surface area contributed by atoms with Crippen molar-refractivity contribution in [1.82, 2.24) is 10.3 Å². The summed E-state index contributed by atoms with van der Waals surface area (Å²) in [6.07, 6.45) is 4.96. The smallest absolute Gasteiger partial charge is 0.0461 e. The highest BCUT2D eigenvalue weighted by Crippen LogP contribution is 2.30. The van der Waals surface area contributed by atoms with Crippen LogP contribution in [0.15, 0.2) is 12.1 Å². The molecule has 1 aromatic carbocycles. The molecule has 0 atom stereocenters. The number of aryl methyl sites for hydroxylation is 3. The fourth-order valence-corrected chi connectivity index (χ4v) is 3.03. The lowest BCUT2D eigenvalue weighted by Gasteiger charge is -2.03. The molecule has 90 valence electrons. The number of nitrogens with one attached hydrogen (secondary N) is 2. The van der Waals surface area contributed by atoms with Crippen LogP contribution in [-0.2, 0) is 19.3 Å². The van der Waals surface area contributed by atoms with Gasteiger partial charge in [-0.25, -0.2) is 0 Å². The van der Waals surface area contributed by atoms with Gasteiger partial charge < -0.3 is 10.3 Å². The van der Waals surface area contributed by atoms with Gasteiger partial charge in [0.05, 0.1) is 0 Å². The summed E-state index contributed by atoms with van der Waals surface area (Å²) in [5.74, 6) is 0. The lowest BCUT2D eigenvalue weighted by atomic mass is 10.0. The Morgan fingerprint density at radius 1 is 1.24 bits per heavy atom. The molecule has 2 heteroatoms. The predicted octanol–water partition coefficient (Wildman–Crippen LogP) is 2.73. The standard InChI is InChI=1S/C15H20N2/c1-10-13(6-7-16-2)14-8-11-4-3-5-12(11)9-15(14)17-10/h8-9,16-17H,3-7H2,1-2H3. The zero-order valence-electron chi connectivity index (χ0n) is 10.7. The monoisotopic (exact) mass is 228 g/mol. The highest BCUT2D eigenvalue weighted by atomic mass is 14.8. The Kier molecular flexibility index (Phi) is 2.67. The summed E-state index contributed by atoms with van der Waals surface area (Å²) in [7, 11) is 2.02. The molecule has 0 unspecified atom stereocenters. The van der Waals surface area contributed by atoms with Gasteiger partial charge in [-0.05, 0) is 75.0 Å². The Labute approximate surface area is 102 Å². The van der Waals surface area contributed by atoms with Crippen LogP contribution in [-0.4, -0.2) is 18.6 Å². The Morgan fingerprint density at radius 2 is 2.00 bits per heavy atom. The average Bonchev–Trinajstić information content (AvgIpc) is 2.87. The van der Waals surface area contributed by atoms with E-state index in [1.807, 2.05) is 7.05 Å². The van der Waals surface area contributed by atoms with E-state index in [1.54, 1.807) is 11.1 Å². The third-order valence-electron chi connectivity index (χ3n) is 3.96. The number of H-pyrrole nitrogens is 1. The average molecular weight is 228 g/mol. The van der Waals surface area contributed by atoms with Gasteiger partial charge in [-0.2, -0.15) is 0 Å². The summed E-state index contributed by atoms with van der Waals surface area (Å²) in [6.45, 7) is 3.24. The third-order valence-corrected chi connectivity index (χ3v) is 3.96. The molecule has 3 rings (SSSR count). The van der Waals surface area contributed by atoms with Crippen LogP contribution in [0.3, 0.4) is 0 Å². The number of benzene rings is 1. The molecule has 0 bridgehead atoms. The van der Waals surface area contributed by atoms with Gasteiger partial charge in [-0.15, -0.1) is 0 Å². The molecule has 1 aromatic heterocycles. The normalized spacial score (nSPS) is 14.5. The molecule has 2 aromatic rings. The summed E-state index contributed by atoms with van der Waals surface area (Å²) < 4.78 is 0. The number of aromatic nitrogens is 1. The minimum atomic E-state index is 1.05. The molecule has 2 N–H and O–H groups in total. The summed E-state index contributed by atoms with van der Waals surface area (Å²) in [4.78, 5) is 3.54. The number of rotatable bonds is 3. The van der Waals surface area contributed by atoms with Crippen molar-refractivity contribution in [2.75, 3.05) is 13.6 Å². The minimum Gasteiger partial charge on any atom is -0.358 e. The first-order valence-corrected chi connectivity index (χ1v) is 6.57. The SMILES string of the molecule is CNCCc1c(C)[nH]c2cc3c(cc12)CCC3.